The zero-order chi connectivity index (χ0) is 18.9. The fraction of sp³-hybridized carbons (Fsp3) is 0.286. The van der Waals surface area contributed by atoms with Gasteiger partial charge in [0.25, 0.3) is 0 Å². The van der Waals surface area contributed by atoms with Crippen LogP contribution in [0.4, 0.5) is 4.39 Å². The molecular formula is C21H24FNO3. The molecule has 0 saturated heterocycles. The predicted molar refractivity (Wildman–Crippen MR) is 102 cm³/mol. The van der Waals surface area contributed by atoms with Gasteiger partial charge in [0.05, 0.1) is 0 Å². The molecular weight excluding hydrogens is 333 g/mol. The predicted octanol–water partition coefficient (Wildman–Crippen LogP) is 4.83. The van der Waals surface area contributed by atoms with Gasteiger partial charge in [-0.25, -0.2) is 4.39 Å². The van der Waals surface area contributed by atoms with Gasteiger partial charge in [0, 0.05) is 5.56 Å². The van der Waals surface area contributed by atoms with Crippen LogP contribution in [-0.4, -0.2) is 26.0 Å². The molecule has 4 nitrogen and oxygen atoms in total. The number of oxime groups is 1. The molecule has 0 atom stereocenters. The van der Waals surface area contributed by atoms with Gasteiger partial charge in [-0.05, 0) is 68.3 Å². The molecule has 0 N–H and O–H groups in total. The van der Waals surface area contributed by atoms with Gasteiger partial charge in [-0.1, -0.05) is 17.3 Å². The lowest BCUT2D eigenvalue weighted by molar-refractivity contribution is 0.210. The fourth-order valence-electron chi connectivity index (χ4n) is 2.52. The molecule has 0 bridgehead atoms. The van der Waals surface area contributed by atoms with Crippen LogP contribution >= 0.6 is 0 Å². The first kappa shape index (κ1) is 19.5. The van der Waals surface area contributed by atoms with Gasteiger partial charge in [-0.3, -0.25) is 0 Å². The van der Waals surface area contributed by atoms with E-state index < -0.39 is 0 Å². The van der Waals surface area contributed by atoms with Crippen LogP contribution in [-0.2, 0) is 4.84 Å². The molecule has 2 rings (SSSR count). The van der Waals surface area contributed by atoms with Gasteiger partial charge >= 0.3 is 0 Å². The summed E-state index contributed by atoms with van der Waals surface area (Å²) >= 11 is 0. The van der Waals surface area contributed by atoms with E-state index in [-0.39, 0.29) is 12.4 Å². The second-order valence-electron chi connectivity index (χ2n) is 5.78. The number of rotatable bonds is 8. The Morgan fingerprint density at radius 3 is 2.31 bits per heavy atom. The van der Waals surface area contributed by atoms with Gasteiger partial charge in [-0.15, -0.1) is 0 Å². The highest BCUT2D eigenvalue weighted by Gasteiger charge is 2.11. The van der Waals surface area contributed by atoms with E-state index in [0.29, 0.717) is 12.3 Å². The number of halogens is 1. The van der Waals surface area contributed by atoms with Gasteiger partial charge in [0.1, 0.15) is 43.4 Å². The first-order chi connectivity index (χ1) is 12.5. The summed E-state index contributed by atoms with van der Waals surface area (Å²) in [6.45, 7) is 6.63. The average Bonchev–Trinajstić information content (AvgIpc) is 2.61. The molecule has 26 heavy (non-hydrogen) atoms. The zero-order valence-corrected chi connectivity index (χ0v) is 15.6. The summed E-state index contributed by atoms with van der Waals surface area (Å²) in [5.74, 6) is 1.27. The van der Waals surface area contributed by atoms with Gasteiger partial charge in [0.15, 0.2) is 0 Å². The van der Waals surface area contributed by atoms with Gasteiger partial charge in [-0.2, -0.15) is 0 Å². The number of allylic oxidation sites excluding steroid dienone is 1. The summed E-state index contributed by atoms with van der Waals surface area (Å²) in [5.41, 5.74) is 3.27. The molecule has 138 valence electrons. The standard InChI is InChI=1S/C21H24FNO3/c1-5-6-11-25-19-12-15(2)21(16(3)13-19)26-14-20(23-24-4)17-7-9-18(22)10-8-17/h5-10,12-13H,11,14H2,1-4H3/b6-5+,23-20-. The Morgan fingerprint density at radius 1 is 1.08 bits per heavy atom. The van der Waals surface area contributed by atoms with Gasteiger partial charge < -0.3 is 14.3 Å². The highest BCUT2D eigenvalue weighted by atomic mass is 19.1. The molecule has 0 saturated carbocycles. The topological polar surface area (TPSA) is 40.0 Å². The molecule has 0 aliphatic heterocycles. The highest BCUT2D eigenvalue weighted by Crippen LogP contribution is 2.28. The quantitative estimate of drug-likeness (QED) is 0.386. The van der Waals surface area contributed by atoms with E-state index >= 15 is 0 Å². The number of nitrogens with zero attached hydrogens (tertiary/aromatic N) is 1. The SMILES string of the molecule is C/C=C/COc1cc(C)c(OC/C(=N/OC)c2ccc(F)cc2)c(C)c1. The molecule has 0 fully saturated rings. The fourth-order valence-corrected chi connectivity index (χ4v) is 2.52. The largest absolute Gasteiger partial charge is 0.490 e. The van der Waals surface area contributed by atoms with Crippen molar-refractivity contribution >= 4 is 5.71 Å². The Morgan fingerprint density at radius 2 is 1.73 bits per heavy atom. The van der Waals surface area contributed by atoms with Gasteiger partial charge in [0.2, 0.25) is 0 Å². The number of hydrogen-bond donors (Lipinski definition) is 0. The lowest BCUT2D eigenvalue weighted by Gasteiger charge is -2.15. The Hall–Kier alpha value is -2.82. The normalized spacial score (nSPS) is 11.7. The van der Waals surface area contributed by atoms with Crippen molar-refractivity contribution in [2.75, 3.05) is 20.3 Å². The van der Waals surface area contributed by atoms with E-state index in [4.69, 9.17) is 14.3 Å². The molecule has 0 aliphatic carbocycles. The smallest absolute Gasteiger partial charge is 0.134 e. The van der Waals surface area contributed by atoms with Crippen molar-refractivity contribution in [2.24, 2.45) is 5.16 Å². The van der Waals surface area contributed by atoms with Crippen LogP contribution in [0.25, 0.3) is 0 Å². The molecule has 0 aliphatic rings. The summed E-state index contributed by atoms with van der Waals surface area (Å²) in [4.78, 5) is 4.90. The Bertz CT molecular complexity index is 759. The maximum atomic E-state index is 13.1. The Kier molecular flexibility index (Phi) is 7.21. The van der Waals surface area contributed by atoms with Crippen molar-refractivity contribution in [3.05, 3.63) is 71.1 Å². The lowest BCUT2D eigenvalue weighted by atomic mass is 10.1. The number of benzene rings is 2. The van der Waals surface area contributed by atoms with E-state index in [1.807, 2.05) is 45.1 Å². The molecule has 0 amide bonds. The van der Waals surface area contributed by atoms with E-state index in [1.54, 1.807) is 12.1 Å². The Balaban J connectivity index is 2.13. The number of aryl methyl sites for hydroxylation is 2. The van der Waals surface area contributed by atoms with Crippen LogP contribution in [0.2, 0.25) is 0 Å². The van der Waals surface area contributed by atoms with Crippen LogP contribution in [0, 0.1) is 19.7 Å². The lowest BCUT2D eigenvalue weighted by Crippen LogP contribution is -2.14. The molecule has 0 aromatic heterocycles. The third-order valence-electron chi connectivity index (χ3n) is 3.75. The molecule has 5 heteroatoms. The highest BCUT2D eigenvalue weighted by molar-refractivity contribution is 6.01. The van der Waals surface area contributed by atoms with E-state index in [1.165, 1.54) is 19.2 Å². The first-order valence-corrected chi connectivity index (χ1v) is 8.39. The first-order valence-electron chi connectivity index (χ1n) is 8.39. The molecule has 0 unspecified atom stereocenters. The van der Waals surface area contributed by atoms with Crippen molar-refractivity contribution in [2.45, 2.75) is 20.8 Å². The molecule has 0 heterocycles. The van der Waals surface area contributed by atoms with Crippen molar-refractivity contribution < 1.29 is 18.7 Å². The van der Waals surface area contributed by atoms with Crippen molar-refractivity contribution in [3.8, 4) is 11.5 Å². The summed E-state index contributed by atoms with van der Waals surface area (Å²) in [5, 5.41) is 4.00. The van der Waals surface area contributed by atoms with Crippen LogP contribution in [0.5, 0.6) is 11.5 Å². The average molecular weight is 357 g/mol. The van der Waals surface area contributed by atoms with E-state index in [2.05, 4.69) is 5.16 Å². The number of hydrogen-bond acceptors (Lipinski definition) is 4. The molecule has 0 spiro atoms. The summed E-state index contributed by atoms with van der Waals surface area (Å²) in [7, 11) is 1.47. The monoisotopic (exact) mass is 357 g/mol. The molecule has 2 aromatic carbocycles. The maximum Gasteiger partial charge on any atom is 0.134 e. The third kappa shape index (κ3) is 5.34. The van der Waals surface area contributed by atoms with E-state index in [0.717, 1.165) is 28.2 Å². The van der Waals surface area contributed by atoms with Crippen LogP contribution in [0.3, 0.4) is 0 Å². The zero-order valence-electron chi connectivity index (χ0n) is 15.6. The van der Waals surface area contributed by atoms with Crippen molar-refractivity contribution in [1.29, 1.82) is 0 Å². The maximum absolute atomic E-state index is 13.1. The summed E-state index contributed by atoms with van der Waals surface area (Å²) < 4.78 is 24.8. The molecule has 2 aromatic rings. The Labute approximate surface area is 153 Å². The van der Waals surface area contributed by atoms with E-state index in [9.17, 15) is 4.39 Å². The van der Waals surface area contributed by atoms with Crippen molar-refractivity contribution in [1.82, 2.24) is 0 Å². The van der Waals surface area contributed by atoms with Crippen LogP contribution in [0.1, 0.15) is 23.6 Å². The second kappa shape index (κ2) is 9.61. The minimum Gasteiger partial charge on any atom is -0.490 e. The second-order valence-corrected chi connectivity index (χ2v) is 5.78. The van der Waals surface area contributed by atoms with Crippen LogP contribution in [0.15, 0.2) is 53.7 Å². The summed E-state index contributed by atoms with van der Waals surface area (Å²) in [6.07, 6.45) is 3.90. The number of ether oxygens (including phenoxy) is 2. The minimum absolute atomic E-state index is 0.208. The third-order valence-corrected chi connectivity index (χ3v) is 3.75. The van der Waals surface area contributed by atoms with Crippen molar-refractivity contribution in [3.63, 3.8) is 0 Å². The summed E-state index contributed by atoms with van der Waals surface area (Å²) in [6, 6.07) is 9.94. The molecule has 0 radical (unpaired) electrons. The minimum atomic E-state index is -0.299. The van der Waals surface area contributed by atoms with Crippen LogP contribution < -0.4 is 9.47 Å².